The van der Waals surface area contributed by atoms with Gasteiger partial charge in [0.15, 0.2) is 0 Å². The Bertz CT molecular complexity index is 2420. The first-order valence-electron chi connectivity index (χ1n) is 18.3. The third-order valence-corrected chi connectivity index (χ3v) is 15.9. The zero-order valence-corrected chi connectivity index (χ0v) is 43.5. The molecule has 1 N–H and O–H groups in total. The average Bonchev–Trinajstić information content (AvgIpc) is 3.30. The van der Waals surface area contributed by atoms with Crippen LogP contribution in [0.4, 0.5) is 0 Å². The third kappa shape index (κ3) is 18.4. The first kappa shape index (κ1) is 53.6. The van der Waals surface area contributed by atoms with Crippen molar-refractivity contribution < 1.29 is 43.7 Å². The van der Waals surface area contributed by atoms with Gasteiger partial charge in [-0.15, -0.1) is 0 Å². The number of methoxy groups -OCH3 is 2. The van der Waals surface area contributed by atoms with E-state index < -0.39 is 18.6 Å². The van der Waals surface area contributed by atoms with Crippen LogP contribution in [0.15, 0.2) is 200 Å². The number of hydrogen-bond donors (Lipinski definition) is 1. The molecule has 2 aromatic heterocycles. The first-order valence-corrected chi connectivity index (χ1v) is 34.0. The van der Waals surface area contributed by atoms with Gasteiger partial charge in [0.2, 0.25) is 0 Å². The van der Waals surface area contributed by atoms with E-state index in [4.69, 9.17) is 9.42 Å². The number of halogens is 3. The van der Waals surface area contributed by atoms with E-state index in [1.807, 2.05) is 183 Å². The molecule has 2 heterocycles. The molecule has 5 nitrogen and oxygen atoms in total. The summed E-state index contributed by atoms with van der Waals surface area (Å²) in [6.07, 6.45) is 3.60. The van der Waals surface area contributed by atoms with E-state index in [-0.39, 0.29) is 14.9 Å². The number of fused-ring (bicyclic) bond motifs is 3. The largest absolute Gasteiger partial charge is 0.254 e. The van der Waals surface area contributed by atoms with Crippen LogP contribution >= 0.6 is 36.0 Å². The van der Waals surface area contributed by atoms with Crippen LogP contribution in [0.1, 0.15) is 11.1 Å². The van der Waals surface area contributed by atoms with Crippen LogP contribution in [0.2, 0.25) is 0 Å². The molecule has 8 rings (SSSR count). The molecule has 0 unspecified atom stereocenters. The van der Waals surface area contributed by atoms with E-state index >= 15 is 0 Å². The molecule has 0 aliphatic carbocycles. The Morgan fingerprint density at radius 2 is 0.869 bits per heavy atom. The molecular formula is C50H50Br2ClMo2N2O3Si-2. The molecule has 11 heteroatoms. The summed E-state index contributed by atoms with van der Waals surface area (Å²) in [6, 6.07) is 62.0. The number of nitrogens with zero attached hydrogens (tertiary/aromatic N) is 2. The minimum absolute atomic E-state index is 0. The molecule has 0 atom stereocenters. The predicted molar refractivity (Wildman–Crippen MR) is 262 cm³/mol. The van der Waals surface area contributed by atoms with Gasteiger partial charge in [-0.05, 0) is 27.7 Å². The topological polar surface area (TPSA) is 64.5 Å². The Labute approximate surface area is 393 Å². The number of aromatic nitrogens is 2. The minimum atomic E-state index is -2.88. The zero-order chi connectivity index (χ0) is 42.2. The van der Waals surface area contributed by atoms with Crippen LogP contribution in [-0.4, -0.2) is 50.5 Å². The van der Waals surface area contributed by atoms with Crippen molar-refractivity contribution in [2.24, 2.45) is 0 Å². The molecule has 0 saturated heterocycles. The van der Waals surface area contributed by atoms with E-state index in [2.05, 4.69) is 78.7 Å². The quantitative estimate of drug-likeness (QED) is 0.0591. The Kier molecular flexibility index (Phi) is 26.1. The summed E-state index contributed by atoms with van der Waals surface area (Å²) in [6.45, 7) is 1.38. The molecular weight excluding hydrogens is 1090 g/mol. The second-order valence-electron chi connectivity index (χ2n) is 12.4. The predicted octanol–water partition coefficient (Wildman–Crippen LogP) is 11.1. The van der Waals surface area contributed by atoms with Crippen molar-refractivity contribution in [2.75, 3.05) is 27.4 Å². The summed E-state index contributed by atoms with van der Waals surface area (Å²) in [7, 11) is 3.88. The molecule has 0 saturated carbocycles. The van der Waals surface area contributed by atoms with E-state index in [1.165, 1.54) is 0 Å². The number of benzene rings is 6. The first-order chi connectivity index (χ1) is 28.7. The van der Waals surface area contributed by atoms with E-state index in [0.29, 0.717) is 13.2 Å². The molecule has 61 heavy (non-hydrogen) atoms. The molecule has 0 radical (unpaired) electrons. The van der Waals surface area contributed by atoms with Crippen molar-refractivity contribution in [1.29, 1.82) is 0 Å². The van der Waals surface area contributed by atoms with Crippen LogP contribution in [0.25, 0.3) is 21.8 Å². The molecule has 0 spiro atoms. The maximum atomic E-state index is 11.6. The van der Waals surface area contributed by atoms with Gasteiger partial charge in [-0.2, -0.15) is 0 Å². The molecule has 0 bridgehead atoms. The zero-order valence-electron chi connectivity index (χ0n) is 34.6. The second kappa shape index (κ2) is 29.7. The van der Waals surface area contributed by atoms with Gasteiger partial charge in [0, 0.05) is 37.4 Å². The molecule has 6 aromatic carbocycles. The van der Waals surface area contributed by atoms with Gasteiger partial charge in [0.1, 0.15) is 0 Å². The summed E-state index contributed by atoms with van der Waals surface area (Å²) < 4.78 is 15.5. The monoisotopic (exact) mass is 1140 g/mol. The fourth-order valence-corrected chi connectivity index (χ4v) is 12.6. The third-order valence-electron chi connectivity index (χ3n) is 8.31. The Morgan fingerprint density at radius 3 is 1.16 bits per heavy atom. The van der Waals surface area contributed by atoms with E-state index in [0.717, 1.165) is 48.5 Å². The van der Waals surface area contributed by atoms with E-state index in [9.17, 15) is 4.80 Å². The van der Waals surface area contributed by atoms with Crippen molar-refractivity contribution in [3.8, 4) is 8.40 Å². The standard InChI is InChI=1S/C18H16OSi.C12H8N2.2C7H5.C4H10O2.2CH3.2BrH.ClH.2Mo/c19-20(16-10-4-1-5-11-16,17-12-6-2-7-13-17)18-14-8-3-9-15-18;1-3-9-5-6-10-4-2-8-14-12(10)11(9)13-7-1;2*1-7-5-3-2-4-6-7;1-5-3-4-6-2;;;;;;;/h1-15,19H;1-8H;2*2-6H;3-4H2,1-2H3;2*1H3;3*1H;;/q;;;;;2*-1;;;;;+3/p-3. The number of pyridine rings is 2. The summed E-state index contributed by atoms with van der Waals surface area (Å²) >= 11 is 8.60. The summed E-state index contributed by atoms with van der Waals surface area (Å²) in [4.78, 5) is 20.3. The van der Waals surface area contributed by atoms with E-state index in [1.54, 1.807) is 26.6 Å². The van der Waals surface area contributed by atoms with Crippen LogP contribution in [0.3, 0.4) is 0 Å². The van der Waals surface area contributed by atoms with Crippen LogP contribution in [0.5, 0.6) is 0 Å². The van der Waals surface area contributed by atoms with Gasteiger partial charge >= 0.3 is 146 Å². The summed E-state index contributed by atoms with van der Waals surface area (Å²) in [5.41, 5.74) is 4.16. The second-order valence-corrected chi connectivity index (χ2v) is 42.3. The SMILES string of the molecule is COCCOC.O[Si](c1ccccc1)(c1ccccc1)c1ccccc1.[CH3-].[CH3-].[Cl][Mo]([Br])([Br])#[C]c1ccccc1.[Mo]#[C]c1ccccc1.c1cnc2c(c1)ccc1cccnc12. The van der Waals surface area contributed by atoms with Crippen molar-refractivity contribution in [1.82, 2.24) is 9.97 Å². The van der Waals surface area contributed by atoms with Crippen LogP contribution in [0, 0.1) is 23.3 Å². The number of rotatable bonds is 6. The molecule has 0 amide bonds. The molecule has 8 aromatic rings. The molecule has 0 aliphatic heterocycles. The van der Waals surface area contributed by atoms with Gasteiger partial charge in [-0.3, -0.25) is 9.97 Å². The Morgan fingerprint density at radius 1 is 0.541 bits per heavy atom. The number of hydrogen-bond acceptors (Lipinski definition) is 5. The van der Waals surface area contributed by atoms with Gasteiger partial charge in [-0.1, -0.05) is 115 Å². The van der Waals surface area contributed by atoms with Gasteiger partial charge in [0.25, 0.3) is 8.32 Å². The van der Waals surface area contributed by atoms with Crippen molar-refractivity contribution in [2.45, 2.75) is 0 Å². The maximum absolute atomic E-state index is 11.6. The minimum Gasteiger partial charge on any atom is -0.254 e. The summed E-state index contributed by atoms with van der Waals surface area (Å²) in [5, 5.41) is 5.31. The smallest absolute Gasteiger partial charge is 0.0964 e. The summed E-state index contributed by atoms with van der Waals surface area (Å²) in [5.74, 6) is 0. The molecule has 317 valence electrons. The Hall–Kier alpha value is -3.58. The van der Waals surface area contributed by atoms with Crippen molar-refractivity contribution in [3.63, 3.8) is 0 Å². The molecule has 0 fully saturated rings. The van der Waals surface area contributed by atoms with Crippen LogP contribution in [-0.2, 0) is 38.9 Å². The normalized spacial score (nSPS) is 10.0. The number of ether oxygens (including phenoxy) is 2. The Balaban J connectivity index is 0.000000277. The van der Waals surface area contributed by atoms with Gasteiger partial charge in [0.05, 0.1) is 24.2 Å². The van der Waals surface area contributed by atoms with Gasteiger partial charge < -0.3 is 29.1 Å². The fourth-order valence-electron chi connectivity index (χ4n) is 5.53. The van der Waals surface area contributed by atoms with Crippen molar-refractivity contribution >= 4 is 81.7 Å². The molecule has 0 aliphatic rings. The van der Waals surface area contributed by atoms with Gasteiger partial charge in [-0.25, -0.2) is 0 Å². The fraction of sp³-hybridized carbons (Fsp3) is 0.0800. The van der Waals surface area contributed by atoms with Crippen molar-refractivity contribution in [3.05, 3.63) is 226 Å². The maximum Gasteiger partial charge on any atom is 0.0964 e. The average molecular weight is 1140 g/mol. The van der Waals surface area contributed by atoms with Crippen LogP contribution < -0.4 is 15.6 Å².